The quantitative estimate of drug-likeness (QED) is 0.827. The van der Waals surface area contributed by atoms with Crippen molar-refractivity contribution in [3.05, 3.63) is 32.6 Å². The molecule has 2 rings (SSSR count). The number of aliphatic hydroxyl groups excluding tert-OH is 1. The zero-order valence-electron chi connectivity index (χ0n) is 13.1. The molecule has 1 fully saturated rings. The molecule has 118 valence electrons. The van der Waals surface area contributed by atoms with Gasteiger partial charge >= 0.3 is 5.69 Å². The lowest BCUT2D eigenvalue weighted by atomic mass is 9.77. The molecule has 2 unspecified atom stereocenters. The molecular formula is C15H25N3O3. The second-order valence-electron chi connectivity index (χ2n) is 6.41. The molecule has 1 heterocycles. The number of nitrogens with zero attached hydrogens (tertiary/aromatic N) is 2. The van der Waals surface area contributed by atoms with E-state index in [1.54, 1.807) is 13.2 Å². The van der Waals surface area contributed by atoms with Crippen LogP contribution in [0, 0.1) is 5.92 Å². The largest absolute Gasteiger partial charge is 0.394 e. The third kappa shape index (κ3) is 3.27. The molecule has 0 aromatic carbocycles. The van der Waals surface area contributed by atoms with E-state index >= 15 is 0 Å². The molecule has 2 N–H and O–H groups in total. The topological polar surface area (TPSA) is 76.3 Å². The Labute approximate surface area is 124 Å². The SMILES string of the molecule is CC1CCCC(CO)(NCc2cn(C)c(=O)n(C)c2=O)C1. The van der Waals surface area contributed by atoms with E-state index in [0.29, 0.717) is 18.0 Å². The van der Waals surface area contributed by atoms with Crippen LogP contribution in [0.2, 0.25) is 0 Å². The average Bonchev–Trinajstić information content (AvgIpc) is 2.47. The van der Waals surface area contributed by atoms with Crippen LogP contribution in [0.1, 0.15) is 38.2 Å². The van der Waals surface area contributed by atoms with Crippen LogP contribution in [0.3, 0.4) is 0 Å². The van der Waals surface area contributed by atoms with Crippen molar-refractivity contribution >= 4 is 0 Å². The average molecular weight is 295 g/mol. The molecule has 0 bridgehead atoms. The number of nitrogens with one attached hydrogen (secondary N) is 1. The molecule has 6 nitrogen and oxygen atoms in total. The zero-order chi connectivity index (χ0) is 15.6. The molecular weight excluding hydrogens is 270 g/mol. The van der Waals surface area contributed by atoms with Gasteiger partial charge in [0.15, 0.2) is 0 Å². The van der Waals surface area contributed by atoms with Gasteiger partial charge in [0, 0.05) is 37.9 Å². The standard InChI is InChI=1S/C15H25N3O3/c1-11-5-4-6-15(7-11,10-19)16-8-12-9-17(2)14(21)18(3)13(12)20/h9,11,16,19H,4-8,10H2,1-3H3. The maximum Gasteiger partial charge on any atom is 0.330 e. The van der Waals surface area contributed by atoms with Crippen LogP contribution in [0.15, 0.2) is 15.8 Å². The Kier molecular flexibility index (Phi) is 4.68. The minimum atomic E-state index is -0.327. The van der Waals surface area contributed by atoms with E-state index in [2.05, 4.69) is 12.2 Å². The first-order valence-electron chi connectivity index (χ1n) is 7.50. The maximum atomic E-state index is 12.1. The number of rotatable bonds is 4. The lowest BCUT2D eigenvalue weighted by Crippen LogP contribution is -2.52. The molecule has 0 saturated heterocycles. The van der Waals surface area contributed by atoms with Gasteiger partial charge in [-0.25, -0.2) is 4.79 Å². The lowest BCUT2D eigenvalue weighted by Gasteiger charge is -2.39. The molecule has 0 aliphatic heterocycles. The first-order chi connectivity index (χ1) is 9.88. The Morgan fingerprint density at radius 2 is 2.14 bits per heavy atom. The van der Waals surface area contributed by atoms with Gasteiger partial charge in [0.05, 0.1) is 6.61 Å². The fourth-order valence-corrected chi connectivity index (χ4v) is 3.31. The summed E-state index contributed by atoms with van der Waals surface area (Å²) >= 11 is 0. The van der Waals surface area contributed by atoms with Crippen molar-refractivity contribution in [1.82, 2.24) is 14.5 Å². The third-order valence-electron chi connectivity index (χ3n) is 4.57. The van der Waals surface area contributed by atoms with E-state index < -0.39 is 0 Å². The zero-order valence-corrected chi connectivity index (χ0v) is 13.1. The van der Waals surface area contributed by atoms with Crippen molar-refractivity contribution in [3.8, 4) is 0 Å². The molecule has 6 heteroatoms. The van der Waals surface area contributed by atoms with Crippen molar-refractivity contribution in [1.29, 1.82) is 0 Å². The third-order valence-corrected chi connectivity index (χ3v) is 4.57. The van der Waals surface area contributed by atoms with E-state index in [-0.39, 0.29) is 23.4 Å². The molecule has 1 aliphatic carbocycles. The van der Waals surface area contributed by atoms with Crippen molar-refractivity contribution < 1.29 is 5.11 Å². The van der Waals surface area contributed by atoms with E-state index in [1.807, 2.05) is 0 Å². The molecule has 1 saturated carbocycles. The summed E-state index contributed by atoms with van der Waals surface area (Å²) in [6, 6.07) is 0. The molecule has 0 amide bonds. The van der Waals surface area contributed by atoms with Gasteiger partial charge < -0.3 is 15.0 Å². The van der Waals surface area contributed by atoms with Crippen LogP contribution in [-0.2, 0) is 20.6 Å². The normalized spacial score (nSPS) is 26.0. The molecule has 1 aromatic heterocycles. The second kappa shape index (κ2) is 6.15. The van der Waals surface area contributed by atoms with Gasteiger partial charge in [-0.2, -0.15) is 0 Å². The van der Waals surface area contributed by atoms with Crippen LogP contribution in [0.4, 0.5) is 0 Å². The minimum Gasteiger partial charge on any atom is -0.394 e. The molecule has 21 heavy (non-hydrogen) atoms. The molecule has 1 aromatic rings. The van der Waals surface area contributed by atoms with Crippen LogP contribution in [0.25, 0.3) is 0 Å². The molecule has 0 spiro atoms. The Bertz CT molecular complexity index is 620. The van der Waals surface area contributed by atoms with Crippen molar-refractivity contribution in [2.24, 2.45) is 20.0 Å². The van der Waals surface area contributed by atoms with Gasteiger partial charge in [-0.15, -0.1) is 0 Å². The predicted octanol–water partition coefficient (Wildman–Crippen LogP) is 0.115. The summed E-state index contributed by atoms with van der Waals surface area (Å²) in [5, 5.41) is 13.1. The minimum absolute atomic E-state index is 0.0728. The highest BCUT2D eigenvalue weighted by Crippen LogP contribution is 2.32. The summed E-state index contributed by atoms with van der Waals surface area (Å²) < 4.78 is 2.53. The van der Waals surface area contributed by atoms with Crippen LogP contribution >= 0.6 is 0 Å². The van der Waals surface area contributed by atoms with Gasteiger partial charge in [-0.1, -0.05) is 19.8 Å². The van der Waals surface area contributed by atoms with Crippen molar-refractivity contribution in [2.75, 3.05) is 6.61 Å². The number of aliphatic hydroxyl groups is 1. The predicted molar refractivity (Wildman–Crippen MR) is 81.2 cm³/mol. The monoisotopic (exact) mass is 295 g/mol. The summed E-state index contributed by atoms with van der Waals surface area (Å²) in [5.74, 6) is 0.571. The fraction of sp³-hybridized carbons (Fsp3) is 0.733. The second-order valence-corrected chi connectivity index (χ2v) is 6.41. The Hall–Kier alpha value is -1.40. The molecule has 0 radical (unpaired) electrons. The van der Waals surface area contributed by atoms with Gasteiger partial charge in [0.25, 0.3) is 5.56 Å². The van der Waals surface area contributed by atoms with Gasteiger partial charge in [0.1, 0.15) is 0 Å². The van der Waals surface area contributed by atoms with E-state index in [0.717, 1.165) is 23.8 Å². The number of aromatic nitrogens is 2. The Morgan fingerprint density at radius 1 is 1.43 bits per heavy atom. The smallest absolute Gasteiger partial charge is 0.330 e. The van der Waals surface area contributed by atoms with E-state index in [9.17, 15) is 14.7 Å². The summed E-state index contributed by atoms with van der Waals surface area (Å²) in [6.07, 6.45) is 5.68. The molecule has 1 aliphatic rings. The lowest BCUT2D eigenvalue weighted by molar-refractivity contribution is 0.0980. The van der Waals surface area contributed by atoms with Gasteiger partial charge in [0.2, 0.25) is 0 Å². The first kappa shape index (κ1) is 16.0. The first-order valence-corrected chi connectivity index (χ1v) is 7.50. The van der Waals surface area contributed by atoms with Crippen molar-refractivity contribution in [3.63, 3.8) is 0 Å². The van der Waals surface area contributed by atoms with Gasteiger partial charge in [-0.05, 0) is 18.8 Å². The highest BCUT2D eigenvalue weighted by molar-refractivity contribution is 5.07. The van der Waals surface area contributed by atoms with Gasteiger partial charge in [-0.3, -0.25) is 9.36 Å². The Morgan fingerprint density at radius 3 is 2.76 bits per heavy atom. The van der Waals surface area contributed by atoms with Crippen LogP contribution in [0.5, 0.6) is 0 Å². The van der Waals surface area contributed by atoms with E-state index in [4.69, 9.17) is 0 Å². The Balaban J connectivity index is 2.19. The summed E-state index contributed by atoms with van der Waals surface area (Å²) in [5.41, 5.74) is -0.364. The number of aryl methyl sites for hydroxylation is 1. The van der Waals surface area contributed by atoms with Crippen molar-refractivity contribution in [2.45, 2.75) is 44.7 Å². The summed E-state index contributed by atoms with van der Waals surface area (Å²) in [7, 11) is 3.12. The fourth-order valence-electron chi connectivity index (χ4n) is 3.31. The molecule has 2 atom stereocenters. The number of hydrogen-bond donors (Lipinski definition) is 2. The summed E-state index contributed by atoms with van der Waals surface area (Å²) in [4.78, 5) is 23.8. The maximum absolute atomic E-state index is 12.1. The van der Waals surface area contributed by atoms with E-state index in [1.165, 1.54) is 18.0 Å². The van der Waals surface area contributed by atoms with Crippen LogP contribution < -0.4 is 16.6 Å². The summed E-state index contributed by atoms with van der Waals surface area (Å²) in [6.45, 7) is 2.63. The number of hydrogen-bond acceptors (Lipinski definition) is 4. The highest BCUT2D eigenvalue weighted by Gasteiger charge is 2.34. The van der Waals surface area contributed by atoms with Crippen LogP contribution in [-0.4, -0.2) is 26.4 Å². The highest BCUT2D eigenvalue weighted by atomic mass is 16.3.